The number of hydrogen-bond donors (Lipinski definition) is 1. The van der Waals surface area contributed by atoms with Crippen LogP contribution < -0.4 is 5.32 Å². The Hall–Kier alpha value is -1.92. The van der Waals surface area contributed by atoms with Crippen molar-refractivity contribution in [2.75, 3.05) is 0 Å². The van der Waals surface area contributed by atoms with Gasteiger partial charge in [0, 0.05) is 6.04 Å². The van der Waals surface area contributed by atoms with E-state index in [9.17, 15) is 14.9 Å². The van der Waals surface area contributed by atoms with Crippen molar-refractivity contribution in [2.45, 2.75) is 32.9 Å². The first-order valence-electron chi connectivity index (χ1n) is 5.00. The highest BCUT2D eigenvalue weighted by molar-refractivity contribution is 5.75. The molecule has 1 unspecified atom stereocenters. The predicted molar refractivity (Wildman–Crippen MR) is 56.8 cm³/mol. The molecule has 16 heavy (non-hydrogen) atoms. The SMILES string of the molecule is CCC(C)NC(=O)Cn1ccc([N+](=O)[O-])n1. The normalized spacial score (nSPS) is 12.1. The van der Waals surface area contributed by atoms with Crippen molar-refractivity contribution in [3.8, 4) is 0 Å². The molecule has 0 saturated carbocycles. The van der Waals surface area contributed by atoms with Crippen molar-refractivity contribution in [2.24, 2.45) is 0 Å². The summed E-state index contributed by atoms with van der Waals surface area (Å²) in [4.78, 5) is 21.2. The van der Waals surface area contributed by atoms with E-state index in [-0.39, 0.29) is 24.3 Å². The highest BCUT2D eigenvalue weighted by Crippen LogP contribution is 2.04. The van der Waals surface area contributed by atoms with E-state index in [0.29, 0.717) is 0 Å². The number of nitrogens with zero attached hydrogens (tertiary/aromatic N) is 3. The van der Waals surface area contributed by atoms with E-state index in [0.717, 1.165) is 6.42 Å². The Bertz CT molecular complexity index is 388. The van der Waals surface area contributed by atoms with Crippen molar-refractivity contribution < 1.29 is 9.72 Å². The van der Waals surface area contributed by atoms with Gasteiger partial charge < -0.3 is 15.4 Å². The molecule has 1 amide bonds. The largest absolute Gasteiger partial charge is 0.389 e. The van der Waals surface area contributed by atoms with Crippen LogP contribution >= 0.6 is 0 Å². The molecule has 1 N–H and O–H groups in total. The molecule has 0 saturated heterocycles. The Morgan fingerprint density at radius 3 is 2.94 bits per heavy atom. The van der Waals surface area contributed by atoms with E-state index in [4.69, 9.17) is 0 Å². The van der Waals surface area contributed by atoms with Gasteiger partial charge in [0.05, 0.1) is 17.4 Å². The predicted octanol–water partition coefficient (Wildman–Crippen LogP) is 0.706. The molecular weight excluding hydrogens is 212 g/mol. The first-order chi connectivity index (χ1) is 7.52. The molecule has 0 aliphatic heterocycles. The van der Waals surface area contributed by atoms with E-state index < -0.39 is 4.92 Å². The van der Waals surface area contributed by atoms with Gasteiger partial charge in [0.25, 0.3) is 0 Å². The zero-order valence-electron chi connectivity index (χ0n) is 9.21. The van der Waals surface area contributed by atoms with Crippen LogP contribution in [0.15, 0.2) is 12.3 Å². The van der Waals surface area contributed by atoms with Gasteiger partial charge in [-0.2, -0.15) is 4.68 Å². The van der Waals surface area contributed by atoms with E-state index in [1.165, 1.54) is 16.9 Å². The third-order valence-electron chi connectivity index (χ3n) is 2.14. The average molecular weight is 226 g/mol. The zero-order chi connectivity index (χ0) is 12.1. The van der Waals surface area contributed by atoms with Crippen LogP contribution in [0, 0.1) is 10.1 Å². The Morgan fingerprint density at radius 2 is 2.44 bits per heavy atom. The lowest BCUT2D eigenvalue weighted by molar-refractivity contribution is -0.389. The van der Waals surface area contributed by atoms with Crippen LogP contribution in [0.2, 0.25) is 0 Å². The first-order valence-corrected chi connectivity index (χ1v) is 5.00. The molecule has 0 aliphatic rings. The maximum absolute atomic E-state index is 11.4. The molecule has 1 aromatic rings. The Balaban J connectivity index is 2.53. The summed E-state index contributed by atoms with van der Waals surface area (Å²) < 4.78 is 1.25. The Labute approximate surface area is 92.6 Å². The minimum absolute atomic E-state index is 0.00181. The van der Waals surface area contributed by atoms with E-state index in [1.54, 1.807) is 0 Å². The van der Waals surface area contributed by atoms with Crippen molar-refractivity contribution in [3.05, 3.63) is 22.4 Å². The molecule has 88 valence electrons. The highest BCUT2D eigenvalue weighted by Gasteiger charge is 2.13. The van der Waals surface area contributed by atoms with Crippen LogP contribution in [0.1, 0.15) is 20.3 Å². The van der Waals surface area contributed by atoms with Gasteiger partial charge in [-0.3, -0.25) is 4.79 Å². The van der Waals surface area contributed by atoms with E-state index in [1.807, 2.05) is 13.8 Å². The van der Waals surface area contributed by atoms with Gasteiger partial charge >= 0.3 is 5.82 Å². The Kier molecular flexibility index (Phi) is 3.98. The molecule has 0 spiro atoms. The minimum atomic E-state index is -0.594. The second-order valence-electron chi connectivity index (χ2n) is 3.51. The fraction of sp³-hybridized carbons (Fsp3) is 0.556. The van der Waals surface area contributed by atoms with Gasteiger partial charge in [0.15, 0.2) is 0 Å². The molecule has 7 heteroatoms. The van der Waals surface area contributed by atoms with Crippen molar-refractivity contribution in [3.63, 3.8) is 0 Å². The quantitative estimate of drug-likeness (QED) is 0.591. The monoisotopic (exact) mass is 226 g/mol. The lowest BCUT2D eigenvalue weighted by Crippen LogP contribution is -2.34. The number of amides is 1. The number of aromatic nitrogens is 2. The average Bonchev–Trinajstić information content (AvgIpc) is 2.65. The van der Waals surface area contributed by atoms with Crippen LogP contribution in [-0.4, -0.2) is 26.7 Å². The maximum Gasteiger partial charge on any atom is 0.389 e. The smallest absolute Gasteiger partial charge is 0.358 e. The summed E-state index contributed by atoms with van der Waals surface area (Å²) in [6.07, 6.45) is 2.25. The van der Waals surface area contributed by atoms with Gasteiger partial charge in [0.2, 0.25) is 5.91 Å². The molecule has 1 atom stereocenters. The van der Waals surface area contributed by atoms with Crippen LogP contribution in [0.4, 0.5) is 5.82 Å². The van der Waals surface area contributed by atoms with Crippen molar-refractivity contribution in [1.82, 2.24) is 15.1 Å². The molecule has 1 aromatic heterocycles. The van der Waals surface area contributed by atoms with Crippen LogP contribution in [0.25, 0.3) is 0 Å². The first kappa shape index (κ1) is 12.2. The molecule has 0 fully saturated rings. The lowest BCUT2D eigenvalue weighted by atomic mass is 10.2. The van der Waals surface area contributed by atoms with E-state index >= 15 is 0 Å². The fourth-order valence-corrected chi connectivity index (χ4v) is 1.11. The molecule has 7 nitrogen and oxygen atoms in total. The number of nitrogens with one attached hydrogen (secondary N) is 1. The summed E-state index contributed by atoms with van der Waals surface area (Å²) in [5.74, 6) is -0.455. The van der Waals surface area contributed by atoms with Gasteiger partial charge in [-0.15, -0.1) is 0 Å². The second kappa shape index (κ2) is 5.24. The zero-order valence-corrected chi connectivity index (χ0v) is 9.21. The van der Waals surface area contributed by atoms with Crippen molar-refractivity contribution in [1.29, 1.82) is 0 Å². The summed E-state index contributed by atoms with van der Waals surface area (Å²) in [6, 6.07) is 1.36. The molecule has 0 radical (unpaired) electrons. The van der Waals surface area contributed by atoms with Gasteiger partial charge in [-0.05, 0) is 18.3 Å². The minimum Gasteiger partial charge on any atom is -0.358 e. The summed E-state index contributed by atoms with van der Waals surface area (Å²) in [6.45, 7) is 3.85. The van der Waals surface area contributed by atoms with Crippen molar-refractivity contribution >= 4 is 11.7 Å². The Morgan fingerprint density at radius 1 is 1.75 bits per heavy atom. The highest BCUT2D eigenvalue weighted by atomic mass is 16.6. The molecule has 1 heterocycles. The molecule has 0 aliphatic carbocycles. The number of hydrogen-bond acceptors (Lipinski definition) is 4. The maximum atomic E-state index is 11.4. The summed E-state index contributed by atoms with van der Waals surface area (Å²) in [5.41, 5.74) is 0. The van der Waals surface area contributed by atoms with Gasteiger partial charge in [-0.1, -0.05) is 6.92 Å². The number of nitro groups is 1. The third-order valence-corrected chi connectivity index (χ3v) is 2.14. The third kappa shape index (κ3) is 3.34. The number of carbonyl (C=O) groups excluding carboxylic acids is 1. The molecule has 1 rings (SSSR count). The van der Waals surface area contributed by atoms with Gasteiger partial charge in [-0.25, -0.2) is 0 Å². The number of rotatable bonds is 5. The van der Waals surface area contributed by atoms with Crippen LogP contribution in [-0.2, 0) is 11.3 Å². The second-order valence-corrected chi connectivity index (χ2v) is 3.51. The summed E-state index contributed by atoms with van der Waals surface area (Å²) >= 11 is 0. The molecule has 0 bridgehead atoms. The summed E-state index contributed by atoms with van der Waals surface area (Å²) in [5, 5.41) is 16.7. The lowest BCUT2D eigenvalue weighted by Gasteiger charge is -2.09. The summed E-state index contributed by atoms with van der Waals surface area (Å²) in [7, 11) is 0. The van der Waals surface area contributed by atoms with Crippen LogP contribution in [0.3, 0.4) is 0 Å². The van der Waals surface area contributed by atoms with Gasteiger partial charge in [0.1, 0.15) is 6.54 Å². The molecule has 0 aromatic carbocycles. The standard InChI is InChI=1S/C9H14N4O3/c1-3-7(2)10-9(14)6-12-5-4-8(11-12)13(15)16/h4-5,7H,3,6H2,1-2H3,(H,10,14). The topological polar surface area (TPSA) is 90.1 Å². The van der Waals surface area contributed by atoms with Crippen LogP contribution in [0.5, 0.6) is 0 Å². The molecular formula is C9H14N4O3. The van der Waals surface area contributed by atoms with E-state index in [2.05, 4.69) is 10.4 Å². The fourth-order valence-electron chi connectivity index (χ4n) is 1.11. The number of carbonyl (C=O) groups is 1.